The number of hydrogen-bond acceptors (Lipinski definition) is 1. The maximum Gasteiger partial charge on any atom is 0.163 e. The molecule has 0 saturated carbocycles. The fraction of sp³-hybridized carbons (Fsp3) is 0.222. The van der Waals surface area contributed by atoms with Gasteiger partial charge < -0.3 is 0 Å². The second-order valence-corrected chi connectivity index (χ2v) is 3.56. The SMILES string of the molecule is CCC(=O)c1cc(F)ccc1I. The van der Waals surface area contributed by atoms with Crippen molar-refractivity contribution in [1.82, 2.24) is 0 Å². The minimum atomic E-state index is -0.354. The highest BCUT2D eigenvalue weighted by atomic mass is 127. The van der Waals surface area contributed by atoms with Crippen molar-refractivity contribution in [1.29, 1.82) is 0 Å². The van der Waals surface area contributed by atoms with Crippen LogP contribution in [0.2, 0.25) is 0 Å². The van der Waals surface area contributed by atoms with E-state index in [4.69, 9.17) is 0 Å². The van der Waals surface area contributed by atoms with Crippen LogP contribution in [0.3, 0.4) is 0 Å². The van der Waals surface area contributed by atoms with Crippen LogP contribution in [0.5, 0.6) is 0 Å². The molecule has 0 amide bonds. The number of benzene rings is 1. The molecule has 1 aromatic carbocycles. The first-order valence-electron chi connectivity index (χ1n) is 3.63. The zero-order valence-electron chi connectivity index (χ0n) is 6.60. The normalized spacial score (nSPS) is 9.92. The first kappa shape index (κ1) is 9.64. The molecule has 1 aromatic rings. The molecule has 0 aliphatic rings. The smallest absolute Gasteiger partial charge is 0.163 e. The van der Waals surface area contributed by atoms with E-state index in [9.17, 15) is 9.18 Å². The molecule has 0 atom stereocenters. The maximum atomic E-state index is 12.7. The van der Waals surface area contributed by atoms with Crippen LogP contribution in [0.1, 0.15) is 23.7 Å². The third-order valence-electron chi connectivity index (χ3n) is 1.55. The van der Waals surface area contributed by atoms with Crippen molar-refractivity contribution in [2.45, 2.75) is 13.3 Å². The summed E-state index contributed by atoms with van der Waals surface area (Å²) in [6, 6.07) is 4.25. The summed E-state index contributed by atoms with van der Waals surface area (Å²) in [7, 11) is 0. The molecule has 0 aromatic heterocycles. The van der Waals surface area contributed by atoms with Crippen molar-refractivity contribution < 1.29 is 9.18 Å². The average molecular weight is 278 g/mol. The predicted octanol–water partition coefficient (Wildman–Crippen LogP) is 3.02. The Balaban J connectivity index is 3.13. The lowest BCUT2D eigenvalue weighted by Gasteiger charge is -2.00. The van der Waals surface area contributed by atoms with E-state index >= 15 is 0 Å². The highest BCUT2D eigenvalue weighted by Gasteiger charge is 2.08. The quantitative estimate of drug-likeness (QED) is 0.600. The van der Waals surface area contributed by atoms with Crippen LogP contribution in [0.4, 0.5) is 4.39 Å². The number of Topliss-reactive ketones (excluding diaryl/α,β-unsaturated/α-hetero) is 1. The molecule has 12 heavy (non-hydrogen) atoms. The molecular weight excluding hydrogens is 270 g/mol. The lowest BCUT2D eigenvalue weighted by atomic mass is 10.1. The van der Waals surface area contributed by atoms with Crippen molar-refractivity contribution in [3.63, 3.8) is 0 Å². The molecule has 0 bridgehead atoms. The molecule has 0 spiro atoms. The maximum absolute atomic E-state index is 12.7. The monoisotopic (exact) mass is 278 g/mol. The van der Waals surface area contributed by atoms with E-state index < -0.39 is 0 Å². The zero-order chi connectivity index (χ0) is 9.14. The van der Waals surface area contributed by atoms with Gasteiger partial charge in [0, 0.05) is 15.6 Å². The fourth-order valence-corrected chi connectivity index (χ4v) is 1.54. The van der Waals surface area contributed by atoms with E-state index in [0.29, 0.717) is 12.0 Å². The molecule has 1 rings (SSSR count). The summed E-state index contributed by atoms with van der Waals surface area (Å²) >= 11 is 2.03. The molecule has 0 fully saturated rings. The van der Waals surface area contributed by atoms with E-state index in [-0.39, 0.29) is 11.6 Å². The van der Waals surface area contributed by atoms with Gasteiger partial charge in [0.2, 0.25) is 0 Å². The number of ketones is 1. The number of halogens is 2. The number of rotatable bonds is 2. The second kappa shape index (κ2) is 3.98. The van der Waals surface area contributed by atoms with Crippen molar-refractivity contribution in [3.05, 3.63) is 33.1 Å². The standard InChI is InChI=1S/C9H8FIO/c1-2-9(12)7-5-6(10)3-4-8(7)11/h3-5H,2H2,1H3. The number of hydrogen-bond donors (Lipinski definition) is 0. The third kappa shape index (κ3) is 2.03. The number of carbonyl (C=O) groups excluding carboxylic acids is 1. The van der Waals surface area contributed by atoms with Gasteiger partial charge in [-0.05, 0) is 40.8 Å². The van der Waals surface area contributed by atoms with Crippen LogP contribution in [-0.2, 0) is 0 Å². The van der Waals surface area contributed by atoms with Crippen molar-refractivity contribution >= 4 is 28.4 Å². The Hall–Kier alpha value is -0.450. The zero-order valence-corrected chi connectivity index (χ0v) is 8.76. The largest absolute Gasteiger partial charge is 0.294 e. The Morgan fingerprint density at radius 3 is 2.83 bits per heavy atom. The van der Waals surface area contributed by atoms with Gasteiger partial charge in [-0.3, -0.25) is 4.79 Å². The van der Waals surface area contributed by atoms with Crippen molar-refractivity contribution in [3.8, 4) is 0 Å². The van der Waals surface area contributed by atoms with Gasteiger partial charge in [-0.15, -0.1) is 0 Å². The Labute approximate surface area is 84.1 Å². The molecule has 0 heterocycles. The van der Waals surface area contributed by atoms with Gasteiger partial charge in [-0.1, -0.05) is 6.92 Å². The highest BCUT2D eigenvalue weighted by molar-refractivity contribution is 14.1. The van der Waals surface area contributed by atoms with Gasteiger partial charge in [0.05, 0.1) is 0 Å². The van der Waals surface area contributed by atoms with Gasteiger partial charge in [0.1, 0.15) is 5.82 Å². The molecule has 0 N–H and O–H groups in total. The fourth-order valence-electron chi connectivity index (χ4n) is 0.902. The van der Waals surface area contributed by atoms with Crippen molar-refractivity contribution in [2.24, 2.45) is 0 Å². The molecule has 0 aliphatic heterocycles. The average Bonchev–Trinajstić information content (AvgIpc) is 2.08. The minimum absolute atomic E-state index is 0.0149. The summed E-state index contributed by atoms with van der Waals surface area (Å²) in [6.07, 6.45) is 0.416. The van der Waals surface area contributed by atoms with Crippen LogP contribution in [-0.4, -0.2) is 5.78 Å². The Morgan fingerprint density at radius 2 is 2.25 bits per heavy atom. The molecule has 3 heteroatoms. The number of carbonyl (C=O) groups is 1. The molecule has 64 valence electrons. The van der Waals surface area contributed by atoms with E-state index in [0.717, 1.165) is 3.57 Å². The van der Waals surface area contributed by atoms with Crippen LogP contribution >= 0.6 is 22.6 Å². The van der Waals surface area contributed by atoms with Gasteiger partial charge in [0.15, 0.2) is 5.78 Å². The predicted molar refractivity (Wildman–Crippen MR) is 53.7 cm³/mol. The molecule has 0 radical (unpaired) electrons. The summed E-state index contributed by atoms with van der Waals surface area (Å²) in [6.45, 7) is 1.77. The third-order valence-corrected chi connectivity index (χ3v) is 2.49. The first-order valence-corrected chi connectivity index (χ1v) is 4.71. The summed E-state index contributed by atoms with van der Waals surface area (Å²) in [5.74, 6) is -0.369. The molecule has 0 aliphatic carbocycles. The molecule has 1 nitrogen and oxygen atoms in total. The Bertz CT molecular complexity index is 309. The summed E-state index contributed by atoms with van der Waals surface area (Å²) < 4.78 is 13.5. The van der Waals surface area contributed by atoms with Gasteiger partial charge in [0.25, 0.3) is 0 Å². The summed E-state index contributed by atoms with van der Waals surface area (Å²) in [4.78, 5) is 11.2. The highest BCUT2D eigenvalue weighted by Crippen LogP contribution is 2.15. The second-order valence-electron chi connectivity index (χ2n) is 2.40. The summed E-state index contributed by atoms with van der Waals surface area (Å²) in [5, 5.41) is 0. The van der Waals surface area contributed by atoms with E-state index in [1.165, 1.54) is 12.1 Å². The first-order chi connectivity index (χ1) is 5.65. The minimum Gasteiger partial charge on any atom is -0.294 e. The Kier molecular flexibility index (Phi) is 3.20. The lowest BCUT2D eigenvalue weighted by Crippen LogP contribution is -2.00. The molecular formula is C9H8FIO. The van der Waals surface area contributed by atoms with E-state index in [1.54, 1.807) is 13.0 Å². The molecule has 0 unspecified atom stereocenters. The van der Waals surface area contributed by atoms with Crippen molar-refractivity contribution in [2.75, 3.05) is 0 Å². The van der Waals surface area contributed by atoms with Crippen LogP contribution in [0, 0.1) is 9.39 Å². The summed E-state index contributed by atoms with van der Waals surface area (Å²) in [5.41, 5.74) is 0.484. The lowest BCUT2D eigenvalue weighted by molar-refractivity contribution is 0.0987. The van der Waals surface area contributed by atoms with Crippen LogP contribution in [0.15, 0.2) is 18.2 Å². The van der Waals surface area contributed by atoms with E-state index in [1.807, 2.05) is 22.6 Å². The Morgan fingerprint density at radius 1 is 1.58 bits per heavy atom. The van der Waals surface area contributed by atoms with Crippen LogP contribution < -0.4 is 0 Å². The van der Waals surface area contributed by atoms with Crippen LogP contribution in [0.25, 0.3) is 0 Å². The topological polar surface area (TPSA) is 17.1 Å². The van der Waals surface area contributed by atoms with Gasteiger partial charge in [-0.2, -0.15) is 0 Å². The van der Waals surface area contributed by atoms with Gasteiger partial charge in [-0.25, -0.2) is 4.39 Å². The van der Waals surface area contributed by atoms with Gasteiger partial charge >= 0.3 is 0 Å². The van der Waals surface area contributed by atoms with E-state index in [2.05, 4.69) is 0 Å². The molecule has 0 saturated heterocycles.